The predicted molar refractivity (Wildman–Crippen MR) is 133 cm³/mol. The van der Waals surface area contributed by atoms with E-state index in [1.807, 2.05) is 4.98 Å². The average molecular weight is 525 g/mol. The normalized spacial score (nSPS) is 15.6. The summed E-state index contributed by atoms with van der Waals surface area (Å²) in [6.45, 7) is 0. The van der Waals surface area contributed by atoms with Crippen molar-refractivity contribution in [3.8, 4) is 11.6 Å². The van der Waals surface area contributed by atoms with Gasteiger partial charge in [-0.2, -0.15) is 4.99 Å². The van der Waals surface area contributed by atoms with Crippen molar-refractivity contribution in [3.63, 3.8) is 0 Å². The maximum atomic E-state index is 12.5. The first kappa shape index (κ1) is 25.2. The zero-order valence-corrected chi connectivity index (χ0v) is 19.5. The van der Waals surface area contributed by atoms with Gasteiger partial charge in [-0.1, -0.05) is 30.0 Å². The molecule has 0 saturated heterocycles. The van der Waals surface area contributed by atoms with Crippen molar-refractivity contribution < 1.29 is 29.7 Å². The van der Waals surface area contributed by atoms with Crippen LogP contribution in [0.2, 0.25) is 0 Å². The number of aromatic hydroxyl groups is 2. The maximum Gasteiger partial charge on any atom is 0.335 e. The van der Waals surface area contributed by atoms with E-state index in [0.29, 0.717) is 5.56 Å². The summed E-state index contributed by atoms with van der Waals surface area (Å²) in [5.74, 6) is -3.07. The number of carboxylic acids is 1. The van der Waals surface area contributed by atoms with Crippen molar-refractivity contribution >= 4 is 40.4 Å². The van der Waals surface area contributed by atoms with Crippen molar-refractivity contribution in [1.82, 2.24) is 15.3 Å². The molecule has 1 aliphatic heterocycles. The van der Waals surface area contributed by atoms with Gasteiger partial charge in [-0.15, -0.1) is 0 Å². The van der Waals surface area contributed by atoms with Crippen molar-refractivity contribution in [1.29, 1.82) is 0 Å². The Morgan fingerprint density at radius 3 is 2.46 bits per heavy atom. The third-order valence-electron chi connectivity index (χ3n) is 5.25. The number of anilines is 1. The number of phenols is 1. The van der Waals surface area contributed by atoms with E-state index in [0.717, 1.165) is 11.8 Å². The van der Waals surface area contributed by atoms with Gasteiger partial charge in [0.25, 0.3) is 11.5 Å². The molecule has 2 atom stereocenters. The molecule has 2 amide bonds. The van der Waals surface area contributed by atoms with Gasteiger partial charge in [0.05, 0.1) is 11.6 Å². The number of amides is 2. The first-order valence-electron chi connectivity index (χ1n) is 10.6. The fourth-order valence-corrected chi connectivity index (χ4v) is 4.54. The molecule has 4 rings (SSSR count). The van der Waals surface area contributed by atoms with Gasteiger partial charge in [-0.05, 0) is 35.9 Å². The van der Waals surface area contributed by atoms with Gasteiger partial charge in [0.2, 0.25) is 11.8 Å². The van der Waals surface area contributed by atoms with Crippen LogP contribution in [0.1, 0.15) is 33.9 Å². The lowest BCUT2D eigenvalue weighted by molar-refractivity contribution is -0.121. The Balaban J connectivity index is 1.51. The number of nitrogens with one attached hydrogen (secondary N) is 4. The van der Waals surface area contributed by atoms with Crippen LogP contribution >= 0.6 is 11.8 Å². The van der Waals surface area contributed by atoms with Gasteiger partial charge in [-0.3, -0.25) is 24.4 Å². The molecule has 37 heavy (non-hydrogen) atoms. The summed E-state index contributed by atoms with van der Waals surface area (Å²) in [7, 11) is 0. The Bertz CT molecular complexity index is 1530. The van der Waals surface area contributed by atoms with Gasteiger partial charge in [-0.25, -0.2) is 9.59 Å². The van der Waals surface area contributed by atoms with E-state index in [-0.39, 0.29) is 34.2 Å². The standard InChI is InChI=1S/C23H19N5O8S/c29-13-6-4-10(5-7-13)17(16-19(32)26-22(36)27-20(16)33)25-23-28-18(31)14(37-23)9-15(30)24-12-3-1-2-11(8-12)21(34)35/h1-8,14,17,29H,9H2,(H,24,30)(H,34,35)(H,25,28,31)(H3,26,27,32,33,36). The van der Waals surface area contributed by atoms with E-state index in [4.69, 9.17) is 5.11 Å². The molecule has 3 aromatic rings. The molecular weight excluding hydrogens is 506 g/mol. The Morgan fingerprint density at radius 2 is 1.78 bits per heavy atom. The number of carbonyl (C=O) groups is 3. The number of hydrogen-bond donors (Lipinski definition) is 7. The van der Waals surface area contributed by atoms with Crippen LogP contribution in [-0.4, -0.2) is 53.5 Å². The number of carbonyl (C=O) groups excluding carboxylic acids is 2. The Morgan fingerprint density at radius 1 is 1.05 bits per heavy atom. The van der Waals surface area contributed by atoms with Crippen molar-refractivity contribution in [2.24, 2.45) is 4.99 Å². The van der Waals surface area contributed by atoms with E-state index >= 15 is 0 Å². The Kier molecular flexibility index (Phi) is 7.11. The maximum absolute atomic E-state index is 12.5. The largest absolute Gasteiger partial charge is 0.508 e. The highest BCUT2D eigenvalue weighted by molar-refractivity contribution is 8.15. The number of rotatable bonds is 7. The van der Waals surface area contributed by atoms with Gasteiger partial charge < -0.3 is 26.0 Å². The zero-order chi connectivity index (χ0) is 26.7. The van der Waals surface area contributed by atoms with Gasteiger partial charge in [0.1, 0.15) is 16.6 Å². The second-order valence-corrected chi connectivity index (χ2v) is 9.03. The van der Waals surface area contributed by atoms with Crippen LogP contribution in [0.3, 0.4) is 0 Å². The van der Waals surface area contributed by atoms with E-state index in [1.165, 1.54) is 48.5 Å². The number of phenolic OH excluding ortho intramolecular Hbond substituents is 1. The molecule has 7 N–H and O–H groups in total. The molecule has 1 aliphatic rings. The average Bonchev–Trinajstić information content (AvgIpc) is 3.16. The van der Waals surface area contributed by atoms with Crippen molar-refractivity contribution in [2.75, 3.05) is 5.32 Å². The van der Waals surface area contributed by atoms with E-state index in [1.54, 1.807) is 0 Å². The van der Waals surface area contributed by atoms with E-state index < -0.39 is 46.2 Å². The fraction of sp³-hybridized carbons (Fsp3) is 0.130. The lowest BCUT2D eigenvalue weighted by atomic mass is 10.0. The van der Waals surface area contributed by atoms with Crippen LogP contribution in [0.4, 0.5) is 5.69 Å². The fourth-order valence-electron chi connectivity index (χ4n) is 3.55. The van der Waals surface area contributed by atoms with Crippen LogP contribution < -0.4 is 21.9 Å². The molecule has 0 aliphatic carbocycles. The molecule has 14 heteroatoms. The molecule has 0 bridgehead atoms. The molecule has 0 fully saturated rings. The number of thioether (sulfide) groups is 1. The molecule has 2 heterocycles. The summed E-state index contributed by atoms with van der Waals surface area (Å²) in [6.07, 6.45) is -0.274. The van der Waals surface area contributed by atoms with Crippen LogP contribution in [0.5, 0.6) is 11.6 Å². The van der Waals surface area contributed by atoms with E-state index in [2.05, 4.69) is 20.6 Å². The highest BCUT2D eigenvalue weighted by atomic mass is 32.2. The minimum absolute atomic E-state index is 0.0142. The van der Waals surface area contributed by atoms with Gasteiger partial charge in [0.15, 0.2) is 5.17 Å². The molecule has 2 unspecified atom stereocenters. The zero-order valence-electron chi connectivity index (χ0n) is 18.7. The number of hydrogen-bond acceptors (Lipinski definition) is 9. The number of aromatic amines is 2. The third kappa shape index (κ3) is 5.87. The number of H-pyrrole nitrogens is 2. The number of benzene rings is 2. The number of nitrogens with zero attached hydrogens (tertiary/aromatic N) is 1. The SMILES string of the molecule is O=C(CC1SC(NC(c2ccc(O)cc2)c2c(O)[nH]c(=O)[nH]c2=O)=NC1=O)Nc1cccc(C(=O)O)c1. The Hall–Kier alpha value is -4.85. The number of amidine groups is 1. The van der Waals surface area contributed by atoms with Crippen LogP contribution in [0.25, 0.3) is 0 Å². The van der Waals surface area contributed by atoms with Crippen LogP contribution in [-0.2, 0) is 9.59 Å². The molecule has 0 saturated carbocycles. The summed E-state index contributed by atoms with van der Waals surface area (Å²) in [5.41, 5.74) is -1.44. The van der Waals surface area contributed by atoms with E-state index in [9.17, 15) is 34.2 Å². The predicted octanol–water partition coefficient (Wildman–Crippen LogP) is 0.878. The highest BCUT2D eigenvalue weighted by Gasteiger charge is 2.33. The molecule has 13 nitrogen and oxygen atoms in total. The quantitative estimate of drug-likeness (QED) is 0.231. The summed E-state index contributed by atoms with van der Waals surface area (Å²) in [5, 5.41) is 33.6. The molecule has 0 spiro atoms. The number of carboxylic acid groups (broad SMARTS) is 1. The molecule has 190 valence electrons. The van der Waals surface area contributed by atoms with Crippen molar-refractivity contribution in [2.45, 2.75) is 17.7 Å². The lowest BCUT2D eigenvalue weighted by Gasteiger charge is -2.20. The third-order valence-corrected chi connectivity index (χ3v) is 6.33. The minimum Gasteiger partial charge on any atom is -0.508 e. The van der Waals surface area contributed by atoms with Gasteiger partial charge in [0, 0.05) is 12.1 Å². The summed E-state index contributed by atoms with van der Waals surface area (Å²) in [6, 6.07) is 10.2. The Labute approximate surface area is 211 Å². The van der Waals surface area contributed by atoms with Crippen LogP contribution in [0.15, 0.2) is 63.1 Å². The number of aromatic carboxylic acids is 1. The monoisotopic (exact) mass is 525 g/mol. The number of aromatic nitrogens is 2. The molecule has 1 aromatic heterocycles. The van der Waals surface area contributed by atoms with Crippen molar-refractivity contribution in [3.05, 3.63) is 86.1 Å². The summed E-state index contributed by atoms with van der Waals surface area (Å²) in [4.78, 5) is 68.1. The first-order valence-corrected chi connectivity index (χ1v) is 11.5. The summed E-state index contributed by atoms with van der Waals surface area (Å²) >= 11 is 0.921. The number of aliphatic imine (C=N–C) groups is 1. The molecular formula is C23H19N5O8S. The van der Waals surface area contributed by atoms with Gasteiger partial charge >= 0.3 is 11.7 Å². The molecule has 0 radical (unpaired) electrons. The second kappa shape index (κ2) is 10.4. The lowest BCUT2D eigenvalue weighted by Crippen LogP contribution is -2.34. The minimum atomic E-state index is -1.16. The first-order chi connectivity index (χ1) is 17.6. The summed E-state index contributed by atoms with van der Waals surface area (Å²) < 4.78 is 0. The van der Waals surface area contributed by atoms with Crippen LogP contribution in [0, 0.1) is 0 Å². The topological polar surface area (TPSA) is 214 Å². The second-order valence-electron chi connectivity index (χ2n) is 7.84. The molecule has 2 aromatic carbocycles. The highest BCUT2D eigenvalue weighted by Crippen LogP contribution is 2.30. The smallest absolute Gasteiger partial charge is 0.335 e.